The molecular weight excluding hydrogens is 524 g/mol. The number of phenols is 1. The van der Waals surface area contributed by atoms with Crippen LogP contribution in [0.25, 0.3) is 0 Å². The Bertz CT molecular complexity index is 1190. The normalized spacial score (nSPS) is 12.8. The van der Waals surface area contributed by atoms with Crippen molar-refractivity contribution in [3.63, 3.8) is 0 Å². The summed E-state index contributed by atoms with van der Waals surface area (Å²) in [5.74, 6) is 0.122. The third kappa shape index (κ3) is 5.83. The van der Waals surface area contributed by atoms with Gasteiger partial charge in [0.25, 0.3) is 5.91 Å². The lowest BCUT2D eigenvalue weighted by Crippen LogP contribution is -2.30. The fourth-order valence-electron chi connectivity index (χ4n) is 4.21. The van der Waals surface area contributed by atoms with Crippen LogP contribution in [0.1, 0.15) is 72.0 Å². The second-order valence-corrected chi connectivity index (χ2v) is 10.4. The number of amidine groups is 1. The summed E-state index contributed by atoms with van der Waals surface area (Å²) in [6.45, 7) is 10.0. The second-order valence-electron chi connectivity index (χ2n) is 10.4. The first-order chi connectivity index (χ1) is 16.2. The lowest BCUT2D eigenvalue weighted by molar-refractivity contribution is 0.0954. The third-order valence-electron chi connectivity index (χ3n) is 6.01. The first kappa shape index (κ1) is 29.2. The van der Waals surface area contributed by atoms with Crippen LogP contribution in [0.2, 0.25) is 0 Å². The van der Waals surface area contributed by atoms with E-state index in [9.17, 15) is 14.7 Å². The van der Waals surface area contributed by atoms with Crippen molar-refractivity contribution in [2.45, 2.75) is 52.7 Å². The topological polar surface area (TPSA) is 106 Å². The molecule has 2 aromatic carbocycles. The minimum absolute atomic E-state index is 0. The van der Waals surface area contributed by atoms with Gasteiger partial charge in [0, 0.05) is 50.1 Å². The van der Waals surface area contributed by atoms with E-state index in [0.717, 1.165) is 11.3 Å². The summed E-state index contributed by atoms with van der Waals surface area (Å²) in [5.41, 5.74) is 3.43. The van der Waals surface area contributed by atoms with Crippen molar-refractivity contribution in [3.8, 4) is 11.5 Å². The number of fused-ring (bicyclic) bond motifs is 1. The fourth-order valence-corrected chi connectivity index (χ4v) is 4.21. The van der Waals surface area contributed by atoms with Gasteiger partial charge in [-0.05, 0) is 49.1 Å². The Balaban J connectivity index is 0.00000456. The van der Waals surface area contributed by atoms with Gasteiger partial charge in [-0.2, -0.15) is 0 Å². The highest BCUT2D eigenvalue weighted by atomic mass is 79.9. The van der Waals surface area contributed by atoms with E-state index in [-0.39, 0.29) is 58.7 Å². The number of ether oxygens (including phenoxy) is 1. The van der Waals surface area contributed by atoms with Gasteiger partial charge in [0.1, 0.15) is 5.84 Å². The highest BCUT2D eigenvalue weighted by Crippen LogP contribution is 2.39. The average Bonchev–Trinajstić information content (AvgIpc) is 3.06. The van der Waals surface area contributed by atoms with Gasteiger partial charge in [-0.3, -0.25) is 15.0 Å². The van der Waals surface area contributed by atoms with Gasteiger partial charge >= 0.3 is 0 Å². The maximum atomic E-state index is 13.4. The van der Waals surface area contributed by atoms with Crippen LogP contribution in [0.5, 0.6) is 11.5 Å². The smallest absolute Gasteiger partial charge is 0.253 e. The Morgan fingerprint density at radius 3 is 2.36 bits per heavy atom. The summed E-state index contributed by atoms with van der Waals surface area (Å²) in [7, 11) is 5.31. The predicted octanol–water partition coefficient (Wildman–Crippen LogP) is 4.50. The summed E-state index contributed by atoms with van der Waals surface area (Å²) in [6, 6.07) is 6.92. The van der Waals surface area contributed by atoms with Crippen LogP contribution in [0.15, 0.2) is 24.3 Å². The van der Waals surface area contributed by atoms with Crippen LogP contribution >= 0.6 is 17.0 Å². The van der Waals surface area contributed by atoms with Gasteiger partial charge in [0.2, 0.25) is 0 Å². The van der Waals surface area contributed by atoms with Gasteiger partial charge in [0.05, 0.1) is 18.2 Å². The summed E-state index contributed by atoms with van der Waals surface area (Å²) < 4.78 is 5.79. The Kier molecular flexibility index (Phi) is 8.83. The van der Waals surface area contributed by atoms with Crippen LogP contribution in [-0.4, -0.2) is 61.3 Å². The molecule has 36 heavy (non-hydrogen) atoms. The zero-order chi connectivity index (χ0) is 26.2. The number of phenolic OH excluding ortho intramolecular Hbond substituents is 1. The van der Waals surface area contributed by atoms with E-state index < -0.39 is 5.41 Å². The molecule has 2 aromatic rings. The Morgan fingerprint density at radius 2 is 1.83 bits per heavy atom. The van der Waals surface area contributed by atoms with Crippen LogP contribution < -0.4 is 15.0 Å². The van der Waals surface area contributed by atoms with Crippen molar-refractivity contribution in [3.05, 3.63) is 52.1 Å². The maximum absolute atomic E-state index is 13.4. The van der Waals surface area contributed by atoms with E-state index in [1.165, 1.54) is 0 Å². The Hall–Kier alpha value is -3.07. The highest BCUT2D eigenvalue weighted by Gasteiger charge is 2.30. The minimum Gasteiger partial charge on any atom is -0.504 e. The number of carbonyl (C=O) groups is 2. The van der Waals surface area contributed by atoms with Crippen LogP contribution in [0, 0.1) is 5.41 Å². The molecule has 0 fully saturated rings. The third-order valence-corrected chi connectivity index (χ3v) is 6.01. The van der Waals surface area contributed by atoms with Crippen LogP contribution in [0.4, 0.5) is 5.69 Å². The largest absolute Gasteiger partial charge is 0.504 e. The van der Waals surface area contributed by atoms with Crippen molar-refractivity contribution in [2.75, 3.05) is 32.6 Å². The van der Waals surface area contributed by atoms with E-state index in [4.69, 9.17) is 10.1 Å². The van der Waals surface area contributed by atoms with E-state index in [2.05, 4.69) is 5.32 Å². The highest BCUT2D eigenvalue weighted by molar-refractivity contribution is 8.93. The summed E-state index contributed by atoms with van der Waals surface area (Å²) >= 11 is 0. The zero-order valence-electron chi connectivity index (χ0n) is 22.3. The number of carbonyl (C=O) groups excluding carboxylic acids is 2. The average molecular weight is 562 g/mol. The van der Waals surface area contributed by atoms with E-state index in [1.807, 2.05) is 59.7 Å². The molecule has 0 saturated heterocycles. The quantitative estimate of drug-likeness (QED) is 0.430. The van der Waals surface area contributed by atoms with Gasteiger partial charge < -0.3 is 25.0 Å². The number of aromatic hydroxyl groups is 1. The molecular formula is C27H37BrN4O4. The molecule has 1 aliphatic heterocycles. The van der Waals surface area contributed by atoms with Crippen molar-refractivity contribution < 1.29 is 19.4 Å². The van der Waals surface area contributed by atoms with E-state index in [1.54, 1.807) is 30.1 Å². The number of anilines is 1. The number of nitrogens with zero attached hydrogens (tertiary/aromatic N) is 2. The number of ketones is 1. The number of hydrogen-bond acceptors (Lipinski definition) is 6. The molecule has 0 atom stereocenters. The molecule has 3 N–H and O–H groups in total. The monoisotopic (exact) mass is 560 g/mol. The number of halogens is 1. The lowest BCUT2D eigenvalue weighted by Gasteiger charge is -2.24. The molecule has 0 unspecified atom stereocenters. The van der Waals surface area contributed by atoms with Crippen LogP contribution in [-0.2, 0) is 12.0 Å². The molecule has 1 amide bonds. The molecule has 0 aliphatic carbocycles. The minimum atomic E-state index is -0.398. The molecule has 0 saturated carbocycles. The molecule has 1 aliphatic rings. The van der Waals surface area contributed by atoms with Gasteiger partial charge in [0.15, 0.2) is 17.3 Å². The summed E-state index contributed by atoms with van der Waals surface area (Å²) in [6.07, 6.45) is -0.166. The number of benzene rings is 2. The Morgan fingerprint density at radius 1 is 1.19 bits per heavy atom. The molecule has 196 valence electrons. The number of Topliss-reactive ketones (excluding diaryl/α,β-unsaturated/α-hetero) is 1. The predicted molar refractivity (Wildman–Crippen MR) is 149 cm³/mol. The van der Waals surface area contributed by atoms with Crippen molar-refractivity contribution in [2.24, 2.45) is 0 Å². The SMILES string of the molecule is Br.CNC(=O)c1cc2c(cc1N(C)C)CN(CC(=O)c1cc(OC(C)C)c(O)c(C(C)(C)C)c1)C2=N. The lowest BCUT2D eigenvalue weighted by atomic mass is 9.84. The van der Waals surface area contributed by atoms with Crippen LogP contribution in [0.3, 0.4) is 0 Å². The first-order valence-corrected chi connectivity index (χ1v) is 11.7. The molecule has 0 radical (unpaired) electrons. The van der Waals surface area contributed by atoms with E-state index >= 15 is 0 Å². The number of hydrogen-bond donors (Lipinski definition) is 3. The van der Waals surface area contributed by atoms with Crippen molar-refractivity contribution >= 4 is 40.2 Å². The summed E-state index contributed by atoms with van der Waals surface area (Å²) in [4.78, 5) is 29.4. The van der Waals surface area contributed by atoms with Gasteiger partial charge in [-0.1, -0.05) is 20.8 Å². The molecule has 0 aromatic heterocycles. The molecule has 9 heteroatoms. The van der Waals surface area contributed by atoms with Gasteiger partial charge in [-0.15, -0.1) is 17.0 Å². The maximum Gasteiger partial charge on any atom is 0.253 e. The number of amides is 1. The zero-order valence-corrected chi connectivity index (χ0v) is 24.0. The van der Waals surface area contributed by atoms with Crippen molar-refractivity contribution in [1.82, 2.24) is 10.2 Å². The van der Waals surface area contributed by atoms with Crippen molar-refractivity contribution in [1.29, 1.82) is 5.41 Å². The Labute approximate surface area is 223 Å². The number of rotatable bonds is 7. The second kappa shape index (κ2) is 10.9. The molecule has 3 rings (SSSR count). The number of nitrogens with one attached hydrogen (secondary N) is 2. The summed E-state index contributed by atoms with van der Waals surface area (Å²) in [5, 5.41) is 22.1. The standard InChI is InChI=1S/C27H36N4O4.BrH/c1-15(2)35-23-11-16(9-20(24(23)33)27(3,4)5)22(32)14-31-13-17-10-21(30(7)8)19(26(34)29-6)12-18(17)25(31)28;/h9-12,15,28,33H,13-14H2,1-8H3,(H,29,34);1H. The molecule has 1 heterocycles. The van der Waals surface area contributed by atoms with Gasteiger partial charge in [-0.25, -0.2) is 0 Å². The molecule has 0 spiro atoms. The first-order valence-electron chi connectivity index (χ1n) is 11.7. The molecule has 8 nitrogen and oxygen atoms in total. The fraction of sp³-hybridized carbons (Fsp3) is 0.444. The van der Waals surface area contributed by atoms with E-state index in [0.29, 0.717) is 28.8 Å². The molecule has 0 bridgehead atoms.